The smallest absolute Gasteiger partial charge is 0.349 e. The van der Waals surface area contributed by atoms with Crippen LogP contribution >= 0.6 is 0 Å². The van der Waals surface area contributed by atoms with Crippen molar-refractivity contribution >= 4 is 5.97 Å². The van der Waals surface area contributed by atoms with Gasteiger partial charge in [-0.2, -0.15) is 0 Å². The minimum atomic E-state index is -1.08. The zero-order valence-electron chi connectivity index (χ0n) is 13.6. The quantitative estimate of drug-likeness (QED) is 0.841. The molecule has 0 aliphatic heterocycles. The van der Waals surface area contributed by atoms with Crippen molar-refractivity contribution in [1.29, 1.82) is 0 Å². The van der Waals surface area contributed by atoms with Crippen molar-refractivity contribution in [2.45, 2.75) is 51.4 Å². The number of ether oxygens (including phenoxy) is 3. The van der Waals surface area contributed by atoms with E-state index in [9.17, 15) is 9.90 Å². The zero-order chi connectivity index (χ0) is 16.3. The van der Waals surface area contributed by atoms with Gasteiger partial charge in [-0.05, 0) is 32.4 Å². The molecule has 0 bridgehead atoms. The summed E-state index contributed by atoms with van der Waals surface area (Å²) in [4.78, 5) is 12.0. The molecule has 0 spiro atoms. The molecule has 2 rings (SSSR count). The van der Waals surface area contributed by atoms with Crippen molar-refractivity contribution in [1.82, 2.24) is 0 Å². The minimum absolute atomic E-state index is 0.208. The lowest BCUT2D eigenvalue weighted by Gasteiger charge is -2.32. The average Bonchev–Trinajstić information content (AvgIpc) is 2.47. The van der Waals surface area contributed by atoms with Crippen LogP contribution in [0.15, 0.2) is 18.2 Å². The Bertz CT molecular complexity index is 538. The number of hydrogen-bond donors (Lipinski definition) is 1. The number of carbonyl (C=O) groups is 1. The lowest BCUT2D eigenvalue weighted by atomic mass is 9.87. The van der Waals surface area contributed by atoms with Gasteiger partial charge in [0.15, 0.2) is 5.60 Å². The van der Waals surface area contributed by atoms with Gasteiger partial charge in [-0.25, -0.2) is 4.79 Å². The van der Waals surface area contributed by atoms with Crippen LogP contribution in [0.4, 0.5) is 0 Å². The molecule has 0 saturated heterocycles. The molecule has 0 fully saturated rings. The number of esters is 1. The number of fused-ring (bicyclic) bond motifs is 1. The molecule has 1 aliphatic rings. The van der Waals surface area contributed by atoms with Gasteiger partial charge >= 0.3 is 5.97 Å². The monoisotopic (exact) mass is 308 g/mol. The third kappa shape index (κ3) is 3.42. The molecule has 2 atom stereocenters. The Morgan fingerprint density at radius 3 is 2.73 bits per heavy atom. The molecule has 0 radical (unpaired) electrons. The van der Waals surface area contributed by atoms with Crippen LogP contribution in [0.25, 0.3) is 0 Å². The van der Waals surface area contributed by atoms with E-state index in [4.69, 9.17) is 14.2 Å². The number of aliphatic hydroxyl groups is 1. The Hall–Kier alpha value is -1.59. The Labute approximate surface area is 131 Å². The van der Waals surface area contributed by atoms with Crippen molar-refractivity contribution in [3.05, 3.63) is 29.3 Å². The summed E-state index contributed by atoms with van der Waals surface area (Å²) in [5.74, 6) is 0.211. The number of benzene rings is 1. The van der Waals surface area contributed by atoms with E-state index in [1.165, 1.54) is 0 Å². The summed E-state index contributed by atoms with van der Waals surface area (Å²) in [6.07, 6.45) is 0.293. The van der Waals surface area contributed by atoms with Crippen LogP contribution in [-0.2, 0) is 27.1 Å². The topological polar surface area (TPSA) is 65.0 Å². The predicted molar refractivity (Wildman–Crippen MR) is 82.0 cm³/mol. The van der Waals surface area contributed by atoms with Crippen LogP contribution in [0.2, 0.25) is 0 Å². The fourth-order valence-corrected chi connectivity index (χ4v) is 2.68. The minimum Gasteiger partial charge on any atom is -0.476 e. The van der Waals surface area contributed by atoms with Crippen LogP contribution in [0.5, 0.6) is 5.75 Å². The molecule has 5 heteroatoms. The maximum Gasteiger partial charge on any atom is 0.349 e. The molecule has 0 aromatic heterocycles. The molecule has 1 aromatic carbocycles. The Kier molecular flexibility index (Phi) is 5.08. The van der Waals surface area contributed by atoms with Gasteiger partial charge in [0.2, 0.25) is 0 Å². The number of hydrogen-bond acceptors (Lipinski definition) is 5. The van der Waals surface area contributed by atoms with E-state index in [0.717, 1.165) is 11.1 Å². The van der Waals surface area contributed by atoms with Crippen LogP contribution in [0.3, 0.4) is 0 Å². The maximum atomic E-state index is 12.0. The predicted octanol–water partition coefficient (Wildman–Crippen LogP) is 1.88. The molecule has 0 heterocycles. The summed E-state index contributed by atoms with van der Waals surface area (Å²) < 4.78 is 16.3. The summed E-state index contributed by atoms with van der Waals surface area (Å²) in [5.41, 5.74) is 0.934. The van der Waals surface area contributed by atoms with E-state index in [1.54, 1.807) is 27.9 Å². The third-order valence-electron chi connectivity index (χ3n) is 3.93. The van der Waals surface area contributed by atoms with Gasteiger partial charge < -0.3 is 19.3 Å². The summed E-state index contributed by atoms with van der Waals surface area (Å²) in [7, 11) is 1.60. The average molecular weight is 308 g/mol. The van der Waals surface area contributed by atoms with E-state index in [-0.39, 0.29) is 6.10 Å². The molecule has 22 heavy (non-hydrogen) atoms. The van der Waals surface area contributed by atoms with E-state index >= 15 is 0 Å². The van der Waals surface area contributed by atoms with E-state index in [2.05, 4.69) is 0 Å². The first-order valence-corrected chi connectivity index (χ1v) is 7.57. The highest BCUT2D eigenvalue weighted by Crippen LogP contribution is 2.33. The first-order valence-electron chi connectivity index (χ1n) is 7.57. The van der Waals surface area contributed by atoms with Crippen LogP contribution in [-0.4, -0.2) is 42.6 Å². The van der Waals surface area contributed by atoms with Gasteiger partial charge in [0.1, 0.15) is 5.75 Å². The lowest BCUT2D eigenvalue weighted by molar-refractivity contribution is -0.158. The molecular weight excluding hydrogens is 284 g/mol. The molecule has 2 unspecified atom stereocenters. The van der Waals surface area contributed by atoms with E-state index in [1.807, 2.05) is 18.2 Å². The maximum absolute atomic E-state index is 12.0. The lowest BCUT2D eigenvalue weighted by Crippen LogP contribution is -2.41. The summed E-state index contributed by atoms with van der Waals surface area (Å²) >= 11 is 0. The number of methoxy groups -OCH3 is 1. The fourth-order valence-electron chi connectivity index (χ4n) is 2.68. The van der Waals surface area contributed by atoms with Crippen molar-refractivity contribution < 1.29 is 24.1 Å². The molecule has 1 aliphatic carbocycles. The number of rotatable bonds is 5. The van der Waals surface area contributed by atoms with Crippen LogP contribution in [0, 0.1) is 0 Å². The molecule has 0 amide bonds. The second kappa shape index (κ2) is 6.67. The van der Waals surface area contributed by atoms with Crippen molar-refractivity contribution in [2.24, 2.45) is 0 Å². The van der Waals surface area contributed by atoms with Crippen molar-refractivity contribution in [3.8, 4) is 5.75 Å². The highest BCUT2D eigenvalue weighted by Gasteiger charge is 2.34. The van der Waals surface area contributed by atoms with Crippen LogP contribution < -0.4 is 4.74 Å². The molecule has 1 aromatic rings. The van der Waals surface area contributed by atoms with Crippen molar-refractivity contribution in [2.75, 3.05) is 13.7 Å². The van der Waals surface area contributed by atoms with Gasteiger partial charge in [0.05, 0.1) is 18.8 Å². The molecule has 0 saturated carbocycles. The van der Waals surface area contributed by atoms with Gasteiger partial charge in [-0.15, -0.1) is 0 Å². The second-order valence-corrected chi connectivity index (χ2v) is 5.98. The zero-order valence-corrected chi connectivity index (χ0v) is 13.6. The van der Waals surface area contributed by atoms with E-state index in [0.29, 0.717) is 25.2 Å². The molecule has 5 nitrogen and oxygen atoms in total. The van der Waals surface area contributed by atoms with Crippen molar-refractivity contribution in [3.63, 3.8) is 0 Å². The first kappa shape index (κ1) is 16.8. The van der Waals surface area contributed by atoms with Crippen LogP contribution in [0.1, 0.15) is 31.9 Å². The number of carbonyl (C=O) groups excluding carboxylic acids is 1. The summed E-state index contributed by atoms with van der Waals surface area (Å²) in [5, 5.41) is 10.2. The normalized spacial score (nSPS) is 21.1. The summed E-state index contributed by atoms with van der Waals surface area (Å²) in [6, 6.07) is 5.71. The third-order valence-corrected chi connectivity index (χ3v) is 3.93. The largest absolute Gasteiger partial charge is 0.476 e. The standard InChI is InChI=1S/C17H24O5/c1-5-21-16(19)17(2,3)22-14-8-6-7-11-9-15(20-4)13(18)10-12(11)14/h6-8,13,15,18H,5,9-10H2,1-4H3. The molecular formula is C17H24O5. The van der Waals surface area contributed by atoms with E-state index < -0.39 is 17.7 Å². The van der Waals surface area contributed by atoms with Gasteiger partial charge in [-0.3, -0.25) is 0 Å². The van der Waals surface area contributed by atoms with Gasteiger partial charge in [-0.1, -0.05) is 12.1 Å². The summed E-state index contributed by atoms with van der Waals surface area (Å²) in [6.45, 7) is 5.44. The number of aliphatic hydroxyl groups excluding tert-OH is 1. The van der Waals surface area contributed by atoms with Gasteiger partial charge in [0, 0.05) is 25.5 Å². The Morgan fingerprint density at radius 1 is 1.36 bits per heavy atom. The highest BCUT2D eigenvalue weighted by molar-refractivity contribution is 5.79. The molecule has 1 N–H and O–H groups in total. The Balaban J connectivity index is 2.25. The first-order chi connectivity index (χ1) is 10.4. The molecule has 122 valence electrons. The highest BCUT2D eigenvalue weighted by atomic mass is 16.6. The second-order valence-electron chi connectivity index (χ2n) is 5.98. The SMILES string of the molecule is CCOC(=O)C(C)(C)Oc1cccc2c1CC(O)C(OC)C2. The van der Waals surface area contributed by atoms with Gasteiger partial charge in [0.25, 0.3) is 0 Å². The Morgan fingerprint density at radius 2 is 2.09 bits per heavy atom. The fraction of sp³-hybridized carbons (Fsp3) is 0.588.